The first-order valence-corrected chi connectivity index (χ1v) is 7.72. The van der Waals surface area contributed by atoms with Crippen LogP contribution in [-0.2, 0) is 0 Å². The SMILES string of the molecule is CC(C1CC1)C(Cl)c1ccc(Br)c2ccccc12. The van der Waals surface area contributed by atoms with E-state index in [0.29, 0.717) is 5.92 Å². The van der Waals surface area contributed by atoms with E-state index in [4.69, 9.17) is 11.6 Å². The number of hydrogen-bond donors (Lipinski definition) is 0. The predicted molar refractivity (Wildman–Crippen MR) is 82.1 cm³/mol. The molecule has 0 heterocycles. The minimum atomic E-state index is 0.121. The van der Waals surface area contributed by atoms with Crippen molar-refractivity contribution in [2.75, 3.05) is 0 Å². The number of fused-ring (bicyclic) bond motifs is 1. The number of halogens is 2. The first kappa shape index (κ1) is 12.5. The Kier molecular flexibility index (Phi) is 3.38. The van der Waals surface area contributed by atoms with E-state index < -0.39 is 0 Å². The molecule has 2 aromatic rings. The lowest BCUT2D eigenvalue weighted by Gasteiger charge is -2.20. The Morgan fingerprint density at radius 3 is 2.44 bits per heavy atom. The summed E-state index contributed by atoms with van der Waals surface area (Å²) in [4.78, 5) is 0. The molecule has 0 radical (unpaired) electrons. The lowest BCUT2D eigenvalue weighted by atomic mass is 9.92. The third-order valence-corrected chi connectivity index (χ3v) is 5.35. The van der Waals surface area contributed by atoms with Gasteiger partial charge in [-0.25, -0.2) is 0 Å². The molecular weight excluding hydrogens is 308 g/mol. The highest BCUT2D eigenvalue weighted by Crippen LogP contribution is 2.47. The van der Waals surface area contributed by atoms with Crippen LogP contribution in [0.1, 0.15) is 30.7 Å². The van der Waals surface area contributed by atoms with Crippen molar-refractivity contribution in [3.05, 3.63) is 46.4 Å². The Morgan fingerprint density at radius 2 is 1.78 bits per heavy atom. The summed E-state index contributed by atoms with van der Waals surface area (Å²) in [5.41, 5.74) is 1.27. The average molecular weight is 324 g/mol. The zero-order chi connectivity index (χ0) is 12.7. The Morgan fingerprint density at radius 1 is 1.11 bits per heavy atom. The molecule has 0 nitrogen and oxygen atoms in total. The van der Waals surface area contributed by atoms with Gasteiger partial charge in [0.2, 0.25) is 0 Å². The van der Waals surface area contributed by atoms with Gasteiger partial charge in [-0.1, -0.05) is 53.2 Å². The molecule has 2 heteroatoms. The molecule has 2 atom stereocenters. The van der Waals surface area contributed by atoms with Gasteiger partial charge in [0.15, 0.2) is 0 Å². The van der Waals surface area contributed by atoms with Crippen LogP contribution in [0.5, 0.6) is 0 Å². The second kappa shape index (κ2) is 4.86. The van der Waals surface area contributed by atoms with Crippen LogP contribution >= 0.6 is 27.5 Å². The van der Waals surface area contributed by atoms with Gasteiger partial charge in [-0.3, -0.25) is 0 Å². The molecule has 0 aromatic heterocycles. The van der Waals surface area contributed by atoms with E-state index in [1.165, 1.54) is 29.2 Å². The van der Waals surface area contributed by atoms with Crippen molar-refractivity contribution in [2.45, 2.75) is 25.1 Å². The molecule has 94 valence electrons. The largest absolute Gasteiger partial charge is 0.117 e. The number of rotatable bonds is 3. The zero-order valence-electron chi connectivity index (χ0n) is 10.4. The van der Waals surface area contributed by atoms with Crippen molar-refractivity contribution in [3.63, 3.8) is 0 Å². The van der Waals surface area contributed by atoms with Crippen molar-refractivity contribution in [3.8, 4) is 0 Å². The second-order valence-electron chi connectivity index (χ2n) is 5.28. The highest BCUT2D eigenvalue weighted by atomic mass is 79.9. The molecular formula is C16H16BrCl. The van der Waals surface area contributed by atoms with E-state index >= 15 is 0 Å². The summed E-state index contributed by atoms with van der Waals surface area (Å²) >= 11 is 10.3. The quantitative estimate of drug-likeness (QED) is 0.614. The van der Waals surface area contributed by atoms with Gasteiger partial charge in [0.1, 0.15) is 0 Å². The minimum Gasteiger partial charge on any atom is -0.117 e. The van der Waals surface area contributed by atoms with E-state index in [1.54, 1.807) is 0 Å². The maximum absolute atomic E-state index is 6.71. The molecule has 0 amide bonds. The fourth-order valence-corrected chi connectivity index (χ4v) is 3.54. The topological polar surface area (TPSA) is 0 Å². The molecule has 0 bridgehead atoms. The monoisotopic (exact) mass is 322 g/mol. The second-order valence-corrected chi connectivity index (χ2v) is 6.61. The maximum atomic E-state index is 6.71. The van der Waals surface area contributed by atoms with E-state index in [0.717, 1.165) is 10.4 Å². The van der Waals surface area contributed by atoms with Crippen LogP contribution in [0, 0.1) is 11.8 Å². The van der Waals surface area contributed by atoms with Gasteiger partial charge in [0.25, 0.3) is 0 Å². The Balaban J connectivity index is 2.08. The lowest BCUT2D eigenvalue weighted by Crippen LogP contribution is -2.06. The van der Waals surface area contributed by atoms with Crippen LogP contribution in [-0.4, -0.2) is 0 Å². The van der Waals surface area contributed by atoms with Gasteiger partial charge >= 0.3 is 0 Å². The summed E-state index contributed by atoms with van der Waals surface area (Å²) < 4.78 is 1.14. The lowest BCUT2D eigenvalue weighted by molar-refractivity contribution is 0.493. The number of hydrogen-bond acceptors (Lipinski definition) is 0. The molecule has 1 aliphatic rings. The molecule has 3 rings (SSSR count). The van der Waals surface area contributed by atoms with Gasteiger partial charge in [0, 0.05) is 4.47 Å². The highest BCUT2D eigenvalue weighted by molar-refractivity contribution is 9.10. The smallest absolute Gasteiger partial charge is 0.0619 e. The van der Waals surface area contributed by atoms with Crippen LogP contribution in [0.3, 0.4) is 0 Å². The Hall–Kier alpha value is -0.530. The summed E-state index contributed by atoms with van der Waals surface area (Å²) in [6.07, 6.45) is 2.69. The van der Waals surface area contributed by atoms with Gasteiger partial charge in [-0.15, -0.1) is 11.6 Å². The third-order valence-electron chi connectivity index (χ3n) is 4.03. The first-order valence-electron chi connectivity index (χ1n) is 6.49. The summed E-state index contributed by atoms with van der Waals surface area (Å²) in [6, 6.07) is 12.8. The fraction of sp³-hybridized carbons (Fsp3) is 0.375. The zero-order valence-corrected chi connectivity index (χ0v) is 12.7. The summed E-state index contributed by atoms with van der Waals surface area (Å²) in [6.45, 7) is 2.28. The van der Waals surface area contributed by atoms with Gasteiger partial charge in [-0.05, 0) is 47.1 Å². The fourth-order valence-electron chi connectivity index (χ4n) is 2.67. The molecule has 2 aromatic carbocycles. The molecule has 1 aliphatic carbocycles. The number of benzene rings is 2. The van der Waals surface area contributed by atoms with Crippen LogP contribution in [0.4, 0.5) is 0 Å². The van der Waals surface area contributed by atoms with E-state index in [2.05, 4.69) is 59.3 Å². The highest BCUT2D eigenvalue weighted by Gasteiger charge is 2.33. The Labute approximate surface area is 121 Å². The van der Waals surface area contributed by atoms with Crippen LogP contribution in [0.15, 0.2) is 40.9 Å². The molecule has 0 saturated heterocycles. The van der Waals surface area contributed by atoms with Crippen molar-refractivity contribution < 1.29 is 0 Å². The van der Waals surface area contributed by atoms with Gasteiger partial charge < -0.3 is 0 Å². The van der Waals surface area contributed by atoms with Crippen molar-refractivity contribution >= 4 is 38.3 Å². The van der Waals surface area contributed by atoms with Crippen LogP contribution in [0.2, 0.25) is 0 Å². The Bertz CT molecular complexity index is 574. The van der Waals surface area contributed by atoms with Crippen molar-refractivity contribution in [2.24, 2.45) is 11.8 Å². The standard InChI is InChI=1S/C16H16BrCl/c1-10(11-6-7-11)16(18)14-8-9-15(17)13-5-3-2-4-12(13)14/h2-5,8-11,16H,6-7H2,1H3. The summed E-state index contributed by atoms with van der Waals surface area (Å²) in [5, 5.41) is 2.65. The van der Waals surface area contributed by atoms with Crippen molar-refractivity contribution in [1.29, 1.82) is 0 Å². The van der Waals surface area contributed by atoms with E-state index in [9.17, 15) is 0 Å². The van der Waals surface area contributed by atoms with Crippen LogP contribution < -0.4 is 0 Å². The minimum absolute atomic E-state index is 0.121. The van der Waals surface area contributed by atoms with Gasteiger partial charge in [-0.2, -0.15) is 0 Å². The summed E-state index contributed by atoms with van der Waals surface area (Å²) in [5.74, 6) is 1.39. The number of alkyl halides is 1. The van der Waals surface area contributed by atoms with E-state index in [1.807, 2.05) is 0 Å². The maximum Gasteiger partial charge on any atom is 0.0619 e. The first-order chi connectivity index (χ1) is 8.68. The van der Waals surface area contributed by atoms with Gasteiger partial charge in [0.05, 0.1) is 5.38 Å². The molecule has 1 saturated carbocycles. The normalized spacial score (nSPS) is 18.8. The molecule has 18 heavy (non-hydrogen) atoms. The van der Waals surface area contributed by atoms with Crippen molar-refractivity contribution in [1.82, 2.24) is 0 Å². The molecule has 0 spiro atoms. The van der Waals surface area contributed by atoms with Crippen LogP contribution in [0.25, 0.3) is 10.8 Å². The predicted octanol–water partition coefficient (Wildman–Crippen LogP) is 5.93. The average Bonchev–Trinajstić information content (AvgIpc) is 3.22. The molecule has 0 N–H and O–H groups in total. The molecule has 0 aliphatic heterocycles. The van der Waals surface area contributed by atoms with E-state index in [-0.39, 0.29) is 5.38 Å². The third kappa shape index (κ3) is 2.19. The summed E-state index contributed by atoms with van der Waals surface area (Å²) in [7, 11) is 0. The molecule has 2 unspecified atom stereocenters. The molecule has 1 fully saturated rings.